The molecule has 2 atom stereocenters. The second-order valence-electron chi connectivity index (χ2n) is 8.51. The van der Waals surface area contributed by atoms with Crippen molar-refractivity contribution in [2.45, 2.75) is 38.1 Å². The minimum atomic E-state index is 0.0942. The number of hydrogen-bond donors (Lipinski definition) is 1. The molecule has 34 heavy (non-hydrogen) atoms. The Kier molecular flexibility index (Phi) is 9.66. The van der Waals surface area contributed by atoms with Crippen molar-refractivity contribution in [3.05, 3.63) is 99.5 Å². The van der Waals surface area contributed by atoms with E-state index >= 15 is 0 Å². The summed E-state index contributed by atoms with van der Waals surface area (Å²) in [5.74, 6) is 1.22. The van der Waals surface area contributed by atoms with E-state index in [1.807, 2.05) is 36.4 Å². The van der Waals surface area contributed by atoms with Crippen LogP contribution in [0.4, 0.5) is 0 Å². The second kappa shape index (κ2) is 13.1. The van der Waals surface area contributed by atoms with E-state index < -0.39 is 0 Å². The molecule has 0 radical (unpaired) electrons. The number of halogens is 2. The molecule has 0 saturated carbocycles. The number of rotatable bonds is 11. The molecule has 1 N–H and O–H groups in total. The first-order valence-electron chi connectivity index (χ1n) is 11.8. The highest BCUT2D eigenvalue weighted by Crippen LogP contribution is 2.30. The van der Waals surface area contributed by atoms with E-state index in [1.165, 1.54) is 11.1 Å². The fourth-order valence-electron chi connectivity index (χ4n) is 4.15. The molecule has 4 nitrogen and oxygen atoms in total. The number of ether oxygens (including phenoxy) is 3. The molecule has 3 aromatic carbocycles. The highest BCUT2D eigenvalue weighted by Gasteiger charge is 2.27. The Morgan fingerprint density at radius 2 is 1.65 bits per heavy atom. The zero-order valence-corrected chi connectivity index (χ0v) is 20.7. The van der Waals surface area contributed by atoms with Gasteiger partial charge in [0.2, 0.25) is 0 Å². The van der Waals surface area contributed by atoms with Gasteiger partial charge in [0.25, 0.3) is 0 Å². The first kappa shape index (κ1) is 25.0. The van der Waals surface area contributed by atoms with Crippen LogP contribution in [0.5, 0.6) is 5.75 Å². The number of nitrogens with one attached hydrogen (secondary N) is 1. The monoisotopic (exact) mass is 499 g/mol. The SMILES string of the molecule is Clc1ccc(COC2CNCCC2c2ccc(OCCCOCc3ccccc3)cc2)cc1Cl. The van der Waals surface area contributed by atoms with Gasteiger partial charge in [0.1, 0.15) is 5.75 Å². The lowest BCUT2D eigenvalue weighted by Crippen LogP contribution is -2.40. The predicted octanol–water partition coefficient (Wildman–Crippen LogP) is 6.64. The van der Waals surface area contributed by atoms with Crippen molar-refractivity contribution in [3.8, 4) is 5.75 Å². The molecule has 1 heterocycles. The highest BCUT2D eigenvalue weighted by atomic mass is 35.5. The van der Waals surface area contributed by atoms with Gasteiger partial charge in [0, 0.05) is 18.9 Å². The molecule has 180 valence electrons. The zero-order chi connectivity index (χ0) is 23.6. The van der Waals surface area contributed by atoms with E-state index in [0.29, 0.717) is 42.4 Å². The Morgan fingerprint density at radius 1 is 0.824 bits per heavy atom. The van der Waals surface area contributed by atoms with Crippen LogP contribution in [0.3, 0.4) is 0 Å². The summed E-state index contributed by atoms with van der Waals surface area (Å²) >= 11 is 12.2. The summed E-state index contributed by atoms with van der Waals surface area (Å²) in [7, 11) is 0. The molecular weight excluding hydrogens is 469 g/mol. The maximum atomic E-state index is 6.29. The summed E-state index contributed by atoms with van der Waals surface area (Å²) in [4.78, 5) is 0. The van der Waals surface area contributed by atoms with Gasteiger partial charge in [-0.2, -0.15) is 0 Å². The molecule has 3 aromatic rings. The minimum Gasteiger partial charge on any atom is -0.494 e. The summed E-state index contributed by atoms with van der Waals surface area (Å²) < 4.78 is 17.9. The fourth-order valence-corrected chi connectivity index (χ4v) is 4.47. The van der Waals surface area contributed by atoms with Gasteiger partial charge in [-0.25, -0.2) is 0 Å². The molecule has 1 saturated heterocycles. The maximum Gasteiger partial charge on any atom is 0.119 e. The van der Waals surface area contributed by atoms with E-state index in [-0.39, 0.29) is 6.10 Å². The van der Waals surface area contributed by atoms with Crippen LogP contribution in [0.2, 0.25) is 10.0 Å². The van der Waals surface area contributed by atoms with E-state index in [9.17, 15) is 0 Å². The molecule has 0 amide bonds. The first-order valence-corrected chi connectivity index (χ1v) is 12.6. The molecule has 6 heteroatoms. The molecule has 4 rings (SSSR count). The molecule has 2 unspecified atom stereocenters. The number of piperidine rings is 1. The molecule has 1 aliphatic rings. The lowest BCUT2D eigenvalue weighted by Gasteiger charge is -2.32. The fraction of sp³-hybridized carbons (Fsp3) is 0.357. The highest BCUT2D eigenvalue weighted by molar-refractivity contribution is 6.42. The molecule has 0 aromatic heterocycles. The lowest BCUT2D eigenvalue weighted by molar-refractivity contribution is 0.0106. The van der Waals surface area contributed by atoms with Gasteiger partial charge in [0.15, 0.2) is 0 Å². The van der Waals surface area contributed by atoms with E-state index in [0.717, 1.165) is 37.2 Å². The average molecular weight is 500 g/mol. The quantitative estimate of drug-likeness (QED) is 0.300. The first-order chi connectivity index (χ1) is 16.7. The van der Waals surface area contributed by atoms with Gasteiger partial charge < -0.3 is 19.5 Å². The largest absolute Gasteiger partial charge is 0.494 e. The molecule has 0 aliphatic carbocycles. The molecule has 0 spiro atoms. The van der Waals surface area contributed by atoms with Crippen molar-refractivity contribution < 1.29 is 14.2 Å². The van der Waals surface area contributed by atoms with Crippen molar-refractivity contribution in [2.75, 3.05) is 26.3 Å². The molecule has 0 bridgehead atoms. The summed E-state index contributed by atoms with van der Waals surface area (Å²) in [6, 6.07) is 24.3. The standard InChI is InChI=1S/C28H31Cl2NO3/c29-26-12-7-22(17-27(26)30)20-34-28-18-31-14-13-25(28)23-8-10-24(11-9-23)33-16-4-15-32-19-21-5-2-1-3-6-21/h1-3,5-12,17,25,28,31H,4,13-16,18-20H2. The van der Waals surface area contributed by atoms with Crippen molar-refractivity contribution >= 4 is 23.2 Å². The maximum absolute atomic E-state index is 6.29. The van der Waals surface area contributed by atoms with Crippen LogP contribution in [0, 0.1) is 0 Å². The topological polar surface area (TPSA) is 39.7 Å². The third-order valence-corrected chi connectivity index (χ3v) is 6.74. The van der Waals surface area contributed by atoms with Crippen LogP contribution in [0.15, 0.2) is 72.8 Å². The van der Waals surface area contributed by atoms with Crippen molar-refractivity contribution in [1.82, 2.24) is 5.32 Å². The Balaban J connectivity index is 1.22. The summed E-state index contributed by atoms with van der Waals surface area (Å²) in [6.07, 6.45) is 1.98. The molecule has 1 aliphatic heterocycles. The third-order valence-electron chi connectivity index (χ3n) is 6.00. The van der Waals surface area contributed by atoms with Gasteiger partial charge in [-0.1, -0.05) is 71.7 Å². The van der Waals surface area contributed by atoms with Gasteiger partial charge in [-0.05, 0) is 53.9 Å². The number of hydrogen-bond acceptors (Lipinski definition) is 4. The average Bonchev–Trinajstić information content (AvgIpc) is 2.88. The van der Waals surface area contributed by atoms with Crippen molar-refractivity contribution in [3.63, 3.8) is 0 Å². The Hall–Kier alpha value is -2.08. The summed E-state index contributed by atoms with van der Waals surface area (Å²) in [5.41, 5.74) is 3.49. The molecule has 1 fully saturated rings. The van der Waals surface area contributed by atoms with Gasteiger partial charge in [0.05, 0.1) is 42.6 Å². The van der Waals surface area contributed by atoms with Crippen molar-refractivity contribution in [1.29, 1.82) is 0 Å². The Morgan fingerprint density at radius 3 is 2.44 bits per heavy atom. The Bertz CT molecular complexity index is 1010. The van der Waals surface area contributed by atoms with Gasteiger partial charge in [-0.15, -0.1) is 0 Å². The van der Waals surface area contributed by atoms with E-state index in [2.05, 4.69) is 41.7 Å². The lowest BCUT2D eigenvalue weighted by atomic mass is 9.87. The van der Waals surface area contributed by atoms with E-state index in [1.54, 1.807) is 0 Å². The van der Waals surface area contributed by atoms with Crippen molar-refractivity contribution in [2.24, 2.45) is 0 Å². The van der Waals surface area contributed by atoms with Crippen LogP contribution in [0.25, 0.3) is 0 Å². The normalized spacial score (nSPS) is 18.1. The van der Waals surface area contributed by atoms with Gasteiger partial charge in [-0.3, -0.25) is 0 Å². The predicted molar refractivity (Wildman–Crippen MR) is 138 cm³/mol. The van der Waals surface area contributed by atoms with Crippen LogP contribution >= 0.6 is 23.2 Å². The smallest absolute Gasteiger partial charge is 0.119 e. The van der Waals surface area contributed by atoms with Crippen LogP contribution in [0.1, 0.15) is 35.4 Å². The second-order valence-corrected chi connectivity index (χ2v) is 9.32. The third kappa shape index (κ3) is 7.46. The Labute approximate surface area is 212 Å². The minimum absolute atomic E-state index is 0.0942. The summed E-state index contributed by atoms with van der Waals surface area (Å²) in [6.45, 7) is 4.27. The van der Waals surface area contributed by atoms with E-state index in [4.69, 9.17) is 37.4 Å². The number of benzene rings is 3. The molecular formula is C28H31Cl2NO3. The van der Waals surface area contributed by atoms with Crippen LogP contribution in [-0.4, -0.2) is 32.4 Å². The van der Waals surface area contributed by atoms with Crippen LogP contribution < -0.4 is 10.1 Å². The zero-order valence-electron chi connectivity index (χ0n) is 19.2. The van der Waals surface area contributed by atoms with Crippen LogP contribution in [-0.2, 0) is 22.7 Å². The van der Waals surface area contributed by atoms with Gasteiger partial charge >= 0.3 is 0 Å². The summed E-state index contributed by atoms with van der Waals surface area (Å²) in [5, 5.41) is 4.56.